The van der Waals surface area contributed by atoms with Crippen LogP contribution in [0.25, 0.3) is 0 Å². The number of hydrogen-bond donors (Lipinski definition) is 2. The Balaban J connectivity index is 1.74. The van der Waals surface area contributed by atoms with E-state index in [9.17, 15) is 17.6 Å². The predicted molar refractivity (Wildman–Crippen MR) is 111 cm³/mol. The lowest BCUT2D eigenvalue weighted by Gasteiger charge is -2.10. The van der Waals surface area contributed by atoms with Gasteiger partial charge in [-0.3, -0.25) is 4.79 Å². The molecule has 0 aliphatic rings. The minimum atomic E-state index is -4.12. The average Bonchev–Trinajstić information content (AvgIpc) is 2.69. The quantitative estimate of drug-likeness (QED) is 0.586. The fraction of sp³-hybridized carbons (Fsp3) is 0.0952. The van der Waals surface area contributed by atoms with Gasteiger partial charge < -0.3 is 5.32 Å². The van der Waals surface area contributed by atoms with Crippen molar-refractivity contribution in [1.29, 1.82) is 0 Å². The van der Waals surface area contributed by atoms with Crippen LogP contribution >= 0.6 is 11.6 Å². The highest BCUT2D eigenvalue weighted by molar-refractivity contribution is 7.89. The lowest BCUT2D eigenvalue weighted by atomic mass is 10.2. The topological polar surface area (TPSA) is 75.3 Å². The van der Waals surface area contributed by atoms with Gasteiger partial charge in [-0.2, -0.15) is 0 Å². The zero-order valence-corrected chi connectivity index (χ0v) is 16.8. The van der Waals surface area contributed by atoms with Crippen LogP contribution in [-0.4, -0.2) is 20.9 Å². The lowest BCUT2D eigenvalue weighted by molar-refractivity contribution is 0.102. The molecule has 150 valence electrons. The van der Waals surface area contributed by atoms with E-state index in [0.29, 0.717) is 17.1 Å². The van der Waals surface area contributed by atoms with Gasteiger partial charge in [-0.05, 0) is 48.4 Å². The van der Waals surface area contributed by atoms with Gasteiger partial charge in [-0.25, -0.2) is 17.5 Å². The highest BCUT2D eigenvalue weighted by atomic mass is 35.5. The SMILES string of the molecule is O=C(Nc1cccc(Cl)c1)c1ccc(F)c(S(=O)(=O)NCCc2ccccc2)c1. The highest BCUT2D eigenvalue weighted by Crippen LogP contribution is 2.19. The van der Waals surface area contributed by atoms with Crippen LogP contribution in [0.3, 0.4) is 0 Å². The van der Waals surface area contributed by atoms with Crippen LogP contribution in [-0.2, 0) is 16.4 Å². The zero-order valence-electron chi connectivity index (χ0n) is 15.2. The van der Waals surface area contributed by atoms with Crippen molar-refractivity contribution in [3.63, 3.8) is 0 Å². The first-order valence-electron chi connectivity index (χ1n) is 8.75. The summed E-state index contributed by atoms with van der Waals surface area (Å²) in [4.78, 5) is 11.8. The van der Waals surface area contributed by atoms with Crippen LogP contribution in [0.5, 0.6) is 0 Å². The first kappa shape index (κ1) is 21.0. The maximum absolute atomic E-state index is 14.2. The molecule has 3 aromatic rings. The average molecular weight is 433 g/mol. The summed E-state index contributed by atoms with van der Waals surface area (Å²) in [6.45, 7) is 0.102. The van der Waals surface area contributed by atoms with Gasteiger partial charge in [0.2, 0.25) is 10.0 Å². The molecule has 0 radical (unpaired) electrons. The molecule has 1 amide bonds. The lowest BCUT2D eigenvalue weighted by Crippen LogP contribution is -2.27. The number of halogens is 2. The third-order valence-electron chi connectivity index (χ3n) is 4.11. The molecular formula is C21H18ClFN2O3S. The second kappa shape index (κ2) is 9.17. The number of carbonyl (C=O) groups excluding carboxylic acids is 1. The molecule has 2 N–H and O–H groups in total. The van der Waals surface area contributed by atoms with Gasteiger partial charge in [-0.1, -0.05) is 48.0 Å². The standard InChI is InChI=1S/C21H18ClFN2O3S/c22-17-7-4-8-18(14-17)25-21(26)16-9-10-19(23)20(13-16)29(27,28)24-12-11-15-5-2-1-3-6-15/h1-10,13-14,24H,11-12H2,(H,25,26). The van der Waals surface area contributed by atoms with E-state index >= 15 is 0 Å². The van der Waals surface area contributed by atoms with E-state index in [1.807, 2.05) is 30.3 Å². The minimum absolute atomic E-state index is 0.00908. The van der Waals surface area contributed by atoms with Gasteiger partial charge in [0.25, 0.3) is 5.91 Å². The summed E-state index contributed by atoms with van der Waals surface area (Å²) >= 11 is 5.88. The van der Waals surface area contributed by atoms with Crippen molar-refractivity contribution in [3.8, 4) is 0 Å². The van der Waals surface area contributed by atoms with E-state index in [0.717, 1.165) is 17.7 Å². The molecule has 0 unspecified atom stereocenters. The summed E-state index contributed by atoms with van der Waals surface area (Å²) in [6.07, 6.45) is 0.455. The van der Waals surface area contributed by atoms with Crippen LogP contribution in [0.1, 0.15) is 15.9 Å². The molecule has 5 nitrogen and oxygen atoms in total. The van der Waals surface area contributed by atoms with Crippen LogP contribution in [0, 0.1) is 5.82 Å². The van der Waals surface area contributed by atoms with Crippen molar-refractivity contribution in [2.75, 3.05) is 11.9 Å². The van der Waals surface area contributed by atoms with E-state index in [2.05, 4.69) is 10.0 Å². The number of carbonyl (C=O) groups is 1. The van der Waals surface area contributed by atoms with Crippen molar-refractivity contribution in [2.45, 2.75) is 11.3 Å². The van der Waals surface area contributed by atoms with Crippen LogP contribution in [0.15, 0.2) is 77.7 Å². The molecule has 0 bridgehead atoms. The first-order valence-corrected chi connectivity index (χ1v) is 10.6. The van der Waals surface area contributed by atoms with Gasteiger partial charge in [0.1, 0.15) is 10.7 Å². The molecule has 3 rings (SSSR count). The second-order valence-corrected chi connectivity index (χ2v) is 8.41. The summed E-state index contributed by atoms with van der Waals surface area (Å²) in [5.41, 5.74) is 1.40. The van der Waals surface area contributed by atoms with Gasteiger partial charge in [0.15, 0.2) is 0 Å². The van der Waals surface area contributed by atoms with E-state index < -0.39 is 26.6 Å². The Morgan fingerprint density at radius 3 is 2.45 bits per heavy atom. The number of hydrogen-bond acceptors (Lipinski definition) is 3. The summed E-state index contributed by atoms with van der Waals surface area (Å²) < 4.78 is 41.6. The van der Waals surface area contributed by atoms with E-state index in [-0.39, 0.29) is 12.1 Å². The summed E-state index contributed by atoms with van der Waals surface area (Å²) in [7, 11) is -4.12. The molecule has 0 saturated heterocycles. The minimum Gasteiger partial charge on any atom is -0.322 e. The predicted octanol–water partition coefficient (Wildman–Crippen LogP) is 4.25. The number of anilines is 1. The molecule has 0 fully saturated rings. The molecule has 0 atom stereocenters. The monoisotopic (exact) mass is 432 g/mol. The molecule has 0 saturated carbocycles. The van der Waals surface area contributed by atoms with E-state index in [1.165, 1.54) is 6.07 Å². The second-order valence-electron chi connectivity index (χ2n) is 6.24. The zero-order chi connectivity index (χ0) is 20.9. The molecule has 3 aromatic carbocycles. The van der Waals surface area contributed by atoms with Crippen molar-refractivity contribution < 1.29 is 17.6 Å². The first-order chi connectivity index (χ1) is 13.8. The molecule has 0 aromatic heterocycles. The molecule has 0 aliphatic carbocycles. The third kappa shape index (κ3) is 5.63. The van der Waals surface area contributed by atoms with Gasteiger partial charge >= 0.3 is 0 Å². The third-order valence-corrected chi connectivity index (χ3v) is 5.83. The number of benzene rings is 3. The Hall–Kier alpha value is -2.74. The fourth-order valence-corrected chi connectivity index (χ4v) is 4.00. The number of nitrogens with one attached hydrogen (secondary N) is 2. The number of amides is 1. The Kier molecular flexibility index (Phi) is 6.64. The van der Waals surface area contributed by atoms with Crippen LogP contribution < -0.4 is 10.0 Å². The Morgan fingerprint density at radius 1 is 0.966 bits per heavy atom. The number of sulfonamides is 1. The Morgan fingerprint density at radius 2 is 1.72 bits per heavy atom. The molecule has 0 aliphatic heterocycles. The van der Waals surface area contributed by atoms with Crippen molar-refractivity contribution in [3.05, 3.63) is 94.8 Å². The van der Waals surface area contributed by atoms with Crippen LogP contribution in [0.2, 0.25) is 5.02 Å². The molecule has 29 heavy (non-hydrogen) atoms. The maximum atomic E-state index is 14.2. The maximum Gasteiger partial charge on any atom is 0.255 e. The molecule has 8 heteroatoms. The van der Waals surface area contributed by atoms with Crippen molar-refractivity contribution in [1.82, 2.24) is 4.72 Å². The molecule has 0 spiro atoms. The van der Waals surface area contributed by atoms with E-state index in [4.69, 9.17) is 11.6 Å². The van der Waals surface area contributed by atoms with E-state index in [1.54, 1.807) is 24.3 Å². The fourth-order valence-electron chi connectivity index (χ4n) is 2.67. The summed E-state index contributed by atoms with van der Waals surface area (Å²) in [6, 6.07) is 19.0. The largest absolute Gasteiger partial charge is 0.322 e. The van der Waals surface area contributed by atoms with Crippen molar-refractivity contribution >= 4 is 33.2 Å². The smallest absolute Gasteiger partial charge is 0.255 e. The normalized spacial score (nSPS) is 11.2. The highest BCUT2D eigenvalue weighted by Gasteiger charge is 2.21. The van der Waals surface area contributed by atoms with Gasteiger partial charge in [0, 0.05) is 22.8 Å². The van der Waals surface area contributed by atoms with Crippen molar-refractivity contribution in [2.24, 2.45) is 0 Å². The summed E-state index contributed by atoms with van der Waals surface area (Å²) in [5.74, 6) is -1.51. The Bertz CT molecular complexity index is 1120. The van der Waals surface area contributed by atoms with Gasteiger partial charge in [0.05, 0.1) is 0 Å². The number of rotatable bonds is 7. The Labute approximate surface area is 173 Å². The molecular weight excluding hydrogens is 415 g/mol. The molecule has 0 heterocycles. The summed E-state index contributed by atoms with van der Waals surface area (Å²) in [5, 5.41) is 3.04. The van der Waals surface area contributed by atoms with Crippen LogP contribution in [0.4, 0.5) is 10.1 Å². The van der Waals surface area contributed by atoms with Gasteiger partial charge in [-0.15, -0.1) is 0 Å².